The van der Waals surface area contributed by atoms with E-state index in [1.165, 1.54) is 26.4 Å². The van der Waals surface area contributed by atoms with Crippen LogP contribution in [0.3, 0.4) is 0 Å². The maximum Gasteiger partial charge on any atom is 0.278 e. The molecule has 0 aliphatic carbocycles. The lowest BCUT2D eigenvalue weighted by Crippen LogP contribution is -2.25. The number of hydrogen-bond acceptors (Lipinski definition) is 6. The summed E-state index contributed by atoms with van der Waals surface area (Å²) in [5.74, 6) is 0.779. The highest BCUT2D eigenvalue weighted by Gasteiger charge is 2.23. The van der Waals surface area contributed by atoms with Crippen LogP contribution in [0.5, 0.6) is 17.5 Å². The summed E-state index contributed by atoms with van der Waals surface area (Å²) in [4.78, 5) is 8.50. The molecule has 21 heavy (non-hydrogen) atoms. The van der Waals surface area contributed by atoms with Gasteiger partial charge >= 0.3 is 0 Å². The monoisotopic (exact) mass is 291 g/mol. The zero-order chi connectivity index (χ0) is 14.8. The van der Waals surface area contributed by atoms with E-state index in [4.69, 9.17) is 14.2 Å². The maximum absolute atomic E-state index is 13.1. The molecule has 0 fully saturated rings. The maximum atomic E-state index is 13.1. The third-order valence-corrected chi connectivity index (χ3v) is 3.15. The molecule has 0 radical (unpaired) electrons. The molecule has 1 aromatic carbocycles. The van der Waals surface area contributed by atoms with Crippen molar-refractivity contribution in [1.82, 2.24) is 9.97 Å². The molecule has 0 saturated heterocycles. The fraction of sp³-hybridized carbons (Fsp3) is 0.286. The Hall–Kier alpha value is -2.57. The van der Waals surface area contributed by atoms with E-state index in [0.29, 0.717) is 35.5 Å². The van der Waals surface area contributed by atoms with E-state index in [0.717, 1.165) is 0 Å². The number of ether oxygens (including phenoxy) is 3. The van der Waals surface area contributed by atoms with Crippen molar-refractivity contribution in [3.8, 4) is 17.5 Å². The highest BCUT2D eigenvalue weighted by atomic mass is 19.1. The van der Waals surface area contributed by atoms with Crippen molar-refractivity contribution >= 4 is 5.69 Å². The molecule has 1 atom stereocenters. The van der Waals surface area contributed by atoms with Crippen molar-refractivity contribution in [2.24, 2.45) is 0 Å². The molecule has 1 N–H and O–H groups in total. The van der Waals surface area contributed by atoms with Gasteiger partial charge in [0.05, 0.1) is 31.8 Å². The van der Waals surface area contributed by atoms with Crippen LogP contribution in [0.1, 0.15) is 11.7 Å². The average molecular weight is 291 g/mol. The van der Waals surface area contributed by atoms with Crippen molar-refractivity contribution < 1.29 is 18.6 Å². The van der Waals surface area contributed by atoms with Crippen LogP contribution in [0.15, 0.2) is 24.4 Å². The zero-order valence-electron chi connectivity index (χ0n) is 11.6. The van der Waals surface area contributed by atoms with Gasteiger partial charge in [0.25, 0.3) is 11.8 Å². The van der Waals surface area contributed by atoms with Crippen LogP contribution >= 0.6 is 0 Å². The number of benzene rings is 1. The summed E-state index contributed by atoms with van der Waals surface area (Å²) < 4.78 is 28.9. The van der Waals surface area contributed by atoms with Crippen LogP contribution in [0.4, 0.5) is 10.1 Å². The Kier molecular flexibility index (Phi) is 3.47. The minimum atomic E-state index is -0.333. The summed E-state index contributed by atoms with van der Waals surface area (Å²) in [6, 6.07) is 4.15. The minimum Gasteiger partial charge on any atom is -0.489 e. The molecular formula is C14H14FN3O3. The van der Waals surface area contributed by atoms with Gasteiger partial charge in [-0.2, -0.15) is 0 Å². The molecule has 1 unspecified atom stereocenters. The highest BCUT2D eigenvalue weighted by Crippen LogP contribution is 2.34. The fourth-order valence-corrected chi connectivity index (χ4v) is 2.11. The van der Waals surface area contributed by atoms with Crippen molar-refractivity contribution in [2.45, 2.75) is 6.04 Å². The second kappa shape index (κ2) is 5.43. The van der Waals surface area contributed by atoms with Crippen LogP contribution in [0.25, 0.3) is 0 Å². The van der Waals surface area contributed by atoms with E-state index in [1.54, 1.807) is 12.3 Å². The fourth-order valence-electron chi connectivity index (χ4n) is 2.11. The van der Waals surface area contributed by atoms with Crippen LogP contribution in [0.2, 0.25) is 0 Å². The summed E-state index contributed by atoms with van der Waals surface area (Å²) in [5.41, 5.74) is 1.37. The van der Waals surface area contributed by atoms with Gasteiger partial charge in [0.2, 0.25) is 0 Å². The van der Waals surface area contributed by atoms with E-state index in [1.807, 2.05) is 0 Å². The average Bonchev–Trinajstić information content (AvgIpc) is 2.53. The van der Waals surface area contributed by atoms with Gasteiger partial charge in [-0.3, -0.25) is 0 Å². The number of anilines is 1. The highest BCUT2D eigenvalue weighted by molar-refractivity contribution is 5.59. The molecular weight excluding hydrogens is 277 g/mol. The number of halogens is 1. The number of aromatic nitrogens is 2. The number of nitrogens with one attached hydrogen (secondary N) is 1. The zero-order valence-corrected chi connectivity index (χ0v) is 11.6. The van der Waals surface area contributed by atoms with Crippen molar-refractivity contribution in [3.63, 3.8) is 0 Å². The predicted molar refractivity (Wildman–Crippen MR) is 73.4 cm³/mol. The Morgan fingerprint density at radius 2 is 2.10 bits per heavy atom. The molecule has 1 aromatic heterocycles. The van der Waals surface area contributed by atoms with Crippen molar-refractivity contribution in [3.05, 3.63) is 35.9 Å². The van der Waals surface area contributed by atoms with Crippen LogP contribution in [-0.4, -0.2) is 30.8 Å². The van der Waals surface area contributed by atoms with E-state index in [9.17, 15) is 4.39 Å². The van der Waals surface area contributed by atoms with E-state index < -0.39 is 0 Å². The normalized spacial score (nSPS) is 16.4. The van der Waals surface area contributed by atoms with Gasteiger partial charge in [0.1, 0.15) is 24.2 Å². The number of methoxy groups -OCH3 is 2. The lowest BCUT2D eigenvalue weighted by molar-refractivity contribution is 0.279. The Bertz CT molecular complexity index is 666. The SMILES string of the molecule is COc1ncc(C2COc3cc(F)ccc3N2)nc1OC. The van der Waals surface area contributed by atoms with E-state index in [-0.39, 0.29) is 11.9 Å². The molecule has 2 aromatic rings. The summed E-state index contributed by atoms with van der Waals surface area (Å²) in [6.07, 6.45) is 1.59. The molecule has 0 spiro atoms. The second-order valence-electron chi connectivity index (χ2n) is 4.46. The third kappa shape index (κ3) is 2.54. The van der Waals surface area contributed by atoms with Crippen LogP contribution in [-0.2, 0) is 0 Å². The van der Waals surface area contributed by atoms with Gasteiger partial charge < -0.3 is 19.5 Å². The van der Waals surface area contributed by atoms with Crippen molar-refractivity contribution in [2.75, 3.05) is 26.1 Å². The Morgan fingerprint density at radius 1 is 1.29 bits per heavy atom. The topological polar surface area (TPSA) is 65.5 Å². The van der Waals surface area contributed by atoms with Gasteiger partial charge in [-0.05, 0) is 12.1 Å². The van der Waals surface area contributed by atoms with Gasteiger partial charge in [0, 0.05) is 6.07 Å². The Morgan fingerprint density at radius 3 is 2.86 bits per heavy atom. The van der Waals surface area contributed by atoms with Gasteiger partial charge in [-0.25, -0.2) is 14.4 Å². The number of nitrogens with zero attached hydrogens (tertiary/aromatic N) is 2. The molecule has 6 nitrogen and oxygen atoms in total. The number of fused-ring (bicyclic) bond motifs is 1. The summed E-state index contributed by atoms with van der Waals surface area (Å²) in [7, 11) is 3.00. The smallest absolute Gasteiger partial charge is 0.278 e. The standard InChI is InChI=1S/C14H14FN3O3/c1-19-13-14(20-2)18-10(6-16-13)11-7-21-12-5-8(15)3-4-9(12)17-11/h3-6,11,17H,7H2,1-2H3. The molecule has 7 heteroatoms. The lowest BCUT2D eigenvalue weighted by Gasteiger charge is -2.27. The molecule has 2 heterocycles. The first-order valence-electron chi connectivity index (χ1n) is 6.35. The predicted octanol–water partition coefficient (Wildman–Crippen LogP) is 2.18. The summed E-state index contributed by atoms with van der Waals surface area (Å²) >= 11 is 0. The Balaban J connectivity index is 1.87. The number of rotatable bonds is 3. The largest absolute Gasteiger partial charge is 0.489 e. The first-order chi connectivity index (χ1) is 10.2. The van der Waals surface area contributed by atoms with Gasteiger partial charge in [-0.1, -0.05) is 0 Å². The number of hydrogen-bond donors (Lipinski definition) is 1. The third-order valence-electron chi connectivity index (χ3n) is 3.15. The van der Waals surface area contributed by atoms with Crippen molar-refractivity contribution in [1.29, 1.82) is 0 Å². The van der Waals surface area contributed by atoms with Gasteiger partial charge in [0.15, 0.2) is 0 Å². The first-order valence-corrected chi connectivity index (χ1v) is 6.35. The molecule has 1 aliphatic rings. The molecule has 0 bridgehead atoms. The first kappa shape index (κ1) is 13.4. The molecule has 1 aliphatic heterocycles. The van der Waals surface area contributed by atoms with E-state index in [2.05, 4.69) is 15.3 Å². The van der Waals surface area contributed by atoms with E-state index >= 15 is 0 Å². The molecule has 0 saturated carbocycles. The summed E-state index contributed by atoms with van der Waals surface area (Å²) in [5, 5.41) is 3.24. The molecule has 110 valence electrons. The Labute approximate surface area is 120 Å². The molecule has 3 rings (SSSR count). The van der Waals surface area contributed by atoms with Crippen LogP contribution in [0, 0.1) is 5.82 Å². The lowest BCUT2D eigenvalue weighted by atomic mass is 10.1. The quantitative estimate of drug-likeness (QED) is 0.935. The molecule has 0 amide bonds. The minimum absolute atomic E-state index is 0.199. The van der Waals surface area contributed by atoms with Gasteiger partial charge in [-0.15, -0.1) is 0 Å². The summed E-state index contributed by atoms with van der Waals surface area (Å²) in [6.45, 7) is 0.320. The second-order valence-corrected chi connectivity index (χ2v) is 4.46. The van der Waals surface area contributed by atoms with Crippen LogP contribution < -0.4 is 19.5 Å².